The predicted octanol–water partition coefficient (Wildman–Crippen LogP) is 13.7. The molecule has 0 unspecified atom stereocenters. The Labute approximate surface area is 802 Å². The zero-order valence-electron chi connectivity index (χ0n) is 78.5. The summed E-state index contributed by atoms with van der Waals surface area (Å²) in [6.07, 6.45) is 1.02. The molecule has 0 spiro atoms. The number of benzene rings is 6. The molecule has 34 nitrogen and oxygen atoms in total. The summed E-state index contributed by atoms with van der Waals surface area (Å²) in [5, 5.41) is 23.8. The zero-order chi connectivity index (χ0) is 96.3. The Morgan fingerprint density at radius 1 is 0.537 bits per heavy atom. The van der Waals surface area contributed by atoms with Crippen LogP contribution in [0.1, 0.15) is 132 Å². The fraction of sp³-hybridized carbons (Fsp3) is 0.490. The molecule has 4 heterocycles. The number of fused-ring (bicyclic) bond motifs is 2. The summed E-state index contributed by atoms with van der Waals surface area (Å²) < 4.78 is 98.2. The van der Waals surface area contributed by atoms with Gasteiger partial charge in [0.2, 0.25) is 18.1 Å². The van der Waals surface area contributed by atoms with E-state index in [9.17, 15) is 51.8 Å². The molecule has 2 aromatic heterocycles. The Morgan fingerprint density at radius 3 is 1.33 bits per heavy atom. The largest absolute Gasteiger partial charge is 1.00 e. The fourth-order valence-electron chi connectivity index (χ4n) is 15.1. The molecule has 10 rings (SSSR count). The maximum absolute atomic E-state index is 14.1. The number of hydrogen-bond acceptors (Lipinski definition) is 26. The molecule has 730 valence electrons. The number of carbonyl (C=O) groups is 8. The van der Waals surface area contributed by atoms with Crippen molar-refractivity contribution in [2.45, 2.75) is 147 Å². The number of carbonyl (C=O) groups excluding carboxylic acids is 7. The summed E-state index contributed by atoms with van der Waals surface area (Å²) in [4.78, 5) is 120. The van der Waals surface area contributed by atoms with Crippen LogP contribution in [0.5, 0.6) is 11.5 Å². The van der Waals surface area contributed by atoms with Crippen LogP contribution in [0.15, 0.2) is 168 Å². The van der Waals surface area contributed by atoms with Gasteiger partial charge in [0.15, 0.2) is 11.6 Å². The van der Waals surface area contributed by atoms with Gasteiger partial charge in [0.1, 0.15) is 41.9 Å². The molecule has 38 heteroatoms. The fourth-order valence-corrected chi connectivity index (χ4v) is 15.1. The number of pyridine rings is 2. The van der Waals surface area contributed by atoms with Crippen molar-refractivity contribution in [1.29, 1.82) is 0 Å². The van der Waals surface area contributed by atoms with E-state index in [4.69, 9.17) is 72.7 Å². The van der Waals surface area contributed by atoms with Crippen molar-refractivity contribution in [3.05, 3.63) is 201 Å². The normalized spacial score (nSPS) is 13.7. The van der Waals surface area contributed by atoms with Gasteiger partial charge in [0.05, 0.1) is 138 Å². The summed E-state index contributed by atoms with van der Waals surface area (Å²) in [6.45, 7) is 19.1. The van der Waals surface area contributed by atoms with Gasteiger partial charge in [-0.05, 0) is 176 Å². The molecular weight excluding hydrogens is 1760 g/mol. The second-order valence-electron chi connectivity index (χ2n) is 32.5. The number of aryl methyl sites for hydroxylation is 2. The van der Waals surface area contributed by atoms with Gasteiger partial charge in [-0.2, -0.15) is 13.2 Å². The number of aliphatic carboxylic acids is 1. The van der Waals surface area contributed by atoms with Gasteiger partial charge in [0.25, 0.3) is 0 Å². The summed E-state index contributed by atoms with van der Waals surface area (Å²) >= 11 is 0. The van der Waals surface area contributed by atoms with E-state index in [1.54, 1.807) is 49.0 Å². The van der Waals surface area contributed by atoms with Crippen molar-refractivity contribution < 1.29 is 138 Å². The number of anilines is 2. The number of alkyl halides is 3. The van der Waals surface area contributed by atoms with Crippen LogP contribution in [0.4, 0.5) is 29.6 Å². The number of carboxylic acids is 1. The van der Waals surface area contributed by atoms with E-state index in [2.05, 4.69) is 35.3 Å². The molecule has 2 fully saturated rings. The number of nitrogens with zero attached hydrogens (tertiary/aromatic N) is 11. The topological polar surface area (TPSA) is 443 Å². The molecule has 3 N–H and O–H groups in total. The molecule has 0 aliphatic carbocycles. The molecule has 3 amide bonds. The van der Waals surface area contributed by atoms with Gasteiger partial charge >= 0.3 is 43.1 Å². The van der Waals surface area contributed by atoms with Gasteiger partial charge in [-0.1, -0.05) is 119 Å². The SMILES string of the molecule is COC(=O)C[C@H](CC(=O)[C@@H]1CCCN1C(=O)CCCN(C(=O)OC(C)(C)C)c1cc(C)ccn1)c1ccc(-c2ccc(OCCOCCOCCOCCOCCN=[N+]=[N-])c3ccccc23)cc1.Cc1ccnc(NCCCC(=O)N2CCC[C@H]2C(=O)C[C@@H](CC(=O)O)c2ccc(-c3ccc(OCCOCCOCCOCCOCCN=[N+]=[N-])c4ccccc34)cc2)c1.O=CC(F)(F)F.[Li+].[OH-]. The van der Waals surface area contributed by atoms with E-state index in [0.29, 0.717) is 196 Å². The number of Topliss-reactive ketones (excluding diaryl/α,β-unsaturated/α-hetero) is 2. The second kappa shape index (κ2) is 62.2. The van der Waals surface area contributed by atoms with Gasteiger partial charge in [-0.25, -0.2) is 14.8 Å². The van der Waals surface area contributed by atoms with Crippen molar-refractivity contribution in [2.24, 2.45) is 10.2 Å². The maximum atomic E-state index is 14.1. The van der Waals surface area contributed by atoms with Crippen LogP contribution < -0.4 is 38.6 Å². The van der Waals surface area contributed by atoms with E-state index in [1.165, 1.54) is 12.0 Å². The van der Waals surface area contributed by atoms with Crippen LogP contribution >= 0.6 is 0 Å². The molecular formula is C98H124F3LiN12O22. The van der Waals surface area contributed by atoms with E-state index >= 15 is 0 Å². The number of aromatic nitrogens is 2. The number of azide groups is 2. The molecule has 2 aliphatic heterocycles. The predicted molar refractivity (Wildman–Crippen MR) is 500 cm³/mol. The maximum Gasteiger partial charge on any atom is 1.00 e. The number of aldehydes is 1. The number of halogens is 3. The van der Waals surface area contributed by atoms with Gasteiger partial charge in [-0.15, -0.1) is 0 Å². The third-order valence-corrected chi connectivity index (χ3v) is 21.5. The molecule has 6 aromatic carbocycles. The average molecular weight is 1890 g/mol. The third-order valence-electron chi connectivity index (χ3n) is 21.5. The number of methoxy groups -OCH3 is 1. The monoisotopic (exact) mass is 1880 g/mol. The molecule has 8 aromatic rings. The summed E-state index contributed by atoms with van der Waals surface area (Å²) in [5.41, 5.74) is 23.3. The first-order chi connectivity index (χ1) is 64.8. The summed E-state index contributed by atoms with van der Waals surface area (Å²) in [5.74, 6) is -0.117. The molecule has 0 radical (unpaired) electrons. The Morgan fingerprint density at radius 2 is 0.934 bits per heavy atom. The van der Waals surface area contributed by atoms with Crippen molar-refractivity contribution in [3.8, 4) is 33.8 Å². The Hall–Kier alpha value is -11.7. The minimum atomic E-state index is -4.64. The quantitative estimate of drug-likeness (QED) is 0.00680. The van der Waals surface area contributed by atoms with E-state index in [1.807, 2.05) is 153 Å². The van der Waals surface area contributed by atoms with Gasteiger partial charge < -0.3 is 82.5 Å². The number of ether oxygens (including phenoxy) is 12. The Balaban J connectivity index is 0.000000391. The van der Waals surface area contributed by atoms with Crippen LogP contribution in [0.3, 0.4) is 0 Å². The number of rotatable bonds is 56. The first-order valence-electron chi connectivity index (χ1n) is 45.0. The molecule has 0 saturated carbocycles. The number of carboxylic acid groups (broad SMARTS) is 1. The number of esters is 1. The van der Waals surface area contributed by atoms with Gasteiger partial charge in [0, 0.05) is 110 Å². The number of amides is 3. The van der Waals surface area contributed by atoms with Crippen LogP contribution in [0.2, 0.25) is 0 Å². The zero-order valence-corrected chi connectivity index (χ0v) is 78.5. The van der Waals surface area contributed by atoms with Crippen molar-refractivity contribution >= 4 is 80.9 Å². The number of likely N-dealkylation sites (tertiary alicyclic amines) is 2. The molecule has 2 aliphatic rings. The van der Waals surface area contributed by atoms with Gasteiger partial charge in [-0.3, -0.25) is 38.5 Å². The van der Waals surface area contributed by atoms with E-state index in [-0.39, 0.29) is 86.4 Å². The molecule has 136 heavy (non-hydrogen) atoms. The number of hydrogen-bond donors (Lipinski definition) is 2. The minimum Gasteiger partial charge on any atom is -0.870 e. The molecule has 4 atom stereocenters. The van der Waals surface area contributed by atoms with Crippen molar-refractivity contribution in [1.82, 2.24) is 19.8 Å². The second-order valence-corrected chi connectivity index (χ2v) is 32.5. The van der Waals surface area contributed by atoms with Crippen LogP contribution in [0, 0.1) is 13.8 Å². The molecule has 0 bridgehead atoms. The first-order valence-corrected chi connectivity index (χ1v) is 45.0. The Bertz CT molecular complexity index is 5130. The minimum absolute atomic E-state index is 0. The van der Waals surface area contributed by atoms with E-state index < -0.39 is 60.0 Å². The van der Waals surface area contributed by atoms with Crippen LogP contribution in [-0.4, -0.2) is 267 Å². The third kappa shape index (κ3) is 40.3. The van der Waals surface area contributed by atoms with E-state index in [0.717, 1.165) is 89.8 Å². The smallest absolute Gasteiger partial charge is 0.870 e. The summed E-state index contributed by atoms with van der Waals surface area (Å²) in [7, 11) is 1.33. The van der Waals surface area contributed by atoms with Crippen molar-refractivity contribution in [2.75, 3.05) is 176 Å². The van der Waals surface area contributed by atoms with Crippen LogP contribution in [0.25, 0.3) is 64.7 Å². The standard InChI is InChI=1S/C51H66N6O11.C45H56N6O9.C2HF3O.Li.H2O/c1-37-20-21-53-47(34-37)57(50(61)68-51(2,3)4)24-9-13-48(59)56-23-8-12-44(56)45(58)35-40(36-49(60)62-5)38-14-16-39(17-15-38)41-18-19-46(43-11-7-6-10-42(41)43)67-33-32-66-31-30-65-29-28-64-27-26-63-25-22-54-55-52;1-33-16-18-48-43(30-33)47-17-4-9-44(53)51-20-5-8-40(51)41(52)31-36(32-45(54)55)34-10-12-35(13-11-34)37-14-15-42(39-7-3-2-6-38(37)39)60-29-28-59-27-26-58-25-24-57-23-22-56-21-19-49-50-46;3-2(4,5)1-6;;/h6-7,10-11,14-21,34,40,44H,8-9,12-13,22-33,35-36H2,1-5H3;2-3,6-7,10-16,18,30,36,40H,4-5,8-9,17,19-29,31-32H2,1H3,(H,47,48)(H,54,55);1H;;1H2/q;;;+1;/p-1/t40-,44-;36-,40-;;;/m00.../s1. The summed E-state index contributed by atoms with van der Waals surface area (Å²) in [6, 6.07) is 46.0. The number of ketones is 2. The average Bonchev–Trinajstić information content (AvgIpc) is 1.04. The number of nitrogens with one attached hydrogen (secondary N) is 1. The molecule has 2 saturated heterocycles. The Kier molecular flexibility index (Phi) is 51.7. The van der Waals surface area contributed by atoms with Crippen molar-refractivity contribution in [3.63, 3.8) is 0 Å². The first kappa shape index (κ1) is 113. The van der Waals surface area contributed by atoms with Crippen LogP contribution in [-0.2, 0) is 80.9 Å².